The van der Waals surface area contributed by atoms with E-state index in [0.717, 1.165) is 19.4 Å². The summed E-state index contributed by atoms with van der Waals surface area (Å²) in [4.78, 5) is 2.09. The summed E-state index contributed by atoms with van der Waals surface area (Å²) in [5.41, 5.74) is -0.0467. The van der Waals surface area contributed by atoms with E-state index in [0.29, 0.717) is 13.1 Å². The van der Waals surface area contributed by atoms with Gasteiger partial charge in [-0.2, -0.15) is 13.2 Å². The number of hydrogen-bond acceptors (Lipinski definition) is 2. The van der Waals surface area contributed by atoms with Gasteiger partial charge in [0.15, 0.2) is 0 Å². The molecular weight excluding hydrogens is 255 g/mol. The lowest BCUT2D eigenvalue weighted by atomic mass is 9.87. The molecule has 0 spiro atoms. The maximum Gasteiger partial charge on any atom is 0.391 e. The van der Waals surface area contributed by atoms with Crippen molar-refractivity contribution in [2.45, 2.75) is 51.8 Å². The SMILES string of the molecule is CC1(C)CCC(CN2CCC(C(F)(F)F)CC2)C1O. The number of halogens is 3. The van der Waals surface area contributed by atoms with Crippen LogP contribution in [0.2, 0.25) is 0 Å². The summed E-state index contributed by atoms with van der Waals surface area (Å²) >= 11 is 0. The van der Waals surface area contributed by atoms with Crippen LogP contribution in [0, 0.1) is 17.3 Å². The lowest BCUT2D eigenvalue weighted by molar-refractivity contribution is -0.185. The van der Waals surface area contributed by atoms with Gasteiger partial charge in [-0.15, -0.1) is 0 Å². The van der Waals surface area contributed by atoms with E-state index in [1.807, 2.05) is 0 Å². The van der Waals surface area contributed by atoms with Crippen molar-refractivity contribution < 1.29 is 18.3 Å². The van der Waals surface area contributed by atoms with Crippen LogP contribution in [-0.2, 0) is 0 Å². The molecule has 2 nitrogen and oxygen atoms in total. The highest BCUT2D eigenvalue weighted by atomic mass is 19.4. The van der Waals surface area contributed by atoms with Crippen LogP contribution in [0.1, 0.15) is 39.5 Å². The third-order valence-electron chi connectivity index (χ3n) is 4.95. The summed E-state index contributed by atoms with van der Waals surface area (Å²) in [7, 11) is 0. The first-order chi connectivity index (χ1) is 8.70. The number of rotatable bonds is 2. The maximum atomic E-state index is 12.6. The molecule has 1 saturated heterocycles. The topological polar surface area (TPSA) is 23.5 Å². The lowest BCUT2D eigenvalue weighted by Crippen LogP contribution is -2.43. The highest BCUT2D eigenvalue weighted by Gasteiger charge is 2.44. The van der Waals surface area contributed by atoms with Crippen molar-refractivity contribution in [2.24, 2.45) is 17.3 Å². The molecule has 19 heavy (non-hydrogen) atoms. The number of nitrogens with zero attached hydrogens (tertiary/aromatic N) is 1. The summed E-state index contributed by atoms with van der Waals surface area (Å²) in [5.74, 6) is -0.911. The number of aliphatic hydroxyl groups is 1. The van der Waals surface area contributed by atoms with Gasteiger partial charge in [0.1, 0.15) is 0 Å². The smallest absolute Gasteiger partial charge is 0.391 e. The van der Waals surface area contributed by atoms with Crippen molar-refractivity contribution in [1.82, 2.24) is 4.90 Å². The molecule has 2 aliphatic rings. The van der Waals surface area contributed by atoms with Crippen molar-refractivity contribution in [3.05, 3.63) is 0 Å². The van der Waals surface area contributed by atoms with Crippen LogP contribution in [0.4, 0.5) is 13.2 Å². The standard InChI is InChI=1S/C14H24F3NO/c1-13(2)6-3-10(12(13)19)9-18-7-4-11(5-8-18)14(15,16)17/h10-12,19H,3-9H2,1-2H3. The summed E-state index contributed by atoms with van der Waals surface area (Å²) < 4.78 is 37.7. The molecule has 1 aliphatic carbocycles. The monoisotopic (exact) mass is 279 g/mol. The second-order valence-corrected chi connectivity index (χ2v) is 6.85. The minimum atomic E-state index is -4.04. The molecule has 1 saturated carbocycles. The fraction of sp³-hybridized carbons (Fsp3) is 1.00. The third kappa shape index (κ3) is 3.43. The quantitative estimate of drug-likeness (QED) is 0.840. The van der Waals surface area contributed by atoms with Gasteiger partial charge in [0.05, 0.1) is 12.0 Å². The van der Waals surface area contributed by atoms with Crippen LogP contribution in [0.25, 0.3) is 0 Å². The Balaban J connectivity index is 1.81. The molecule has 112 valence electrons. The highest BCUT2D eigenvalue weighted by Crippen LogP contribution is 2.42. The van der Waals surface area contributed by atoms with Crippen LogP contribution in [-0.4, -0.2) is 41.9 Å². The van der Waals surface area contributed by atoms with Crippen LogP contribution in [0.3, 0.4) is 0 Å². The average molecular weight is 279 g/mol. The van der Waals surface area contributed by atoms with Crippen LogP contribution >= 0.6 is 0 Å². The Bertz CT molecular complexity index is 308. The molecule has 2 unspecified atom stereocenters. The predicted octanol–water partition coefficient (Wildman–Crippen LogP) is 3.06. The second kappa shape index (κ2) is 5.24. The molecule has 1 heterocycles. The minimum absolute atomic E-state index is 0.0467. The second-order valence-electron chi connectivity index (χ2n) is 6.85. The van der Waals surface area contributed by atoms with Crippen molar-refractivity contribution in [1.29, 1.82) is 0 Å². The zero-order valence-corrected chi connectivity index (χ0v) is 11.7. The van der Waals surface area contributed by atoms with Gasteiger partial charge in [-0.05, 0) is 50.1 Å². The molecule has 0 aromatic rings. The summed E-state index contributed by atoms with van der Waals surface area (Å²) in [6, 6.07) is 0. The Morgan fingerprint density at radius 3 is 2.16 bits per heavy atom. The van der Waals surface area contributed by atoms with E-state index in [-0.39, 0.29) is 30.3 Å². The maximum absolute atomic E-state index is 12.6. The van der Waals surface area contributed by atoms with Gasteiger partial charge in [-0.25, -0.2) is 0 Å². The molecule has 0 aromatic heterocycles. The molecule has 0 radical (unpaired) electrons. The third-order valence-corrected chi connectivity index (χ3v) is 4.95. The van der Waals surface area contributed by atoms with Crippen LogP contribution in [0.15, 0.2) is 0 Å². The van der Waals surface area contributed by atoms with Crippen LogP contribution < -0.4 is 0 Å². The molecule has 2 rings (SSSR count). The van der Waals surface area contributed by atoms with Gasteiger partial charge in [0, 0.05) is 6.54 Å². The van der Waals surface area contributed by atoms with Gasteiger partial charge < -0.3 is 10.0 Å². The van der Waals surface area contributed by atoms with Crippen molar-refractivity contribution in [3.8, 4) is 0 Å². The van der Waals surface area contributed by atoms with E-state index in [9.17, 15) is 18.3 Å². The van der Waals surface area contributed by atoms with E-state index in [2.05, 4.69) is 18.7 Å². The number of hydrogen-bond donors (Lipinski definition) is 1. The molecule has 5 heteroatoms. The molecule has 0 amide bonds. The van der Waals surface area contributed by atoms with E-state index < -0.39 is 12.1 Å². The molecule has 1 aliphatic heterocycles. The number of alkyl halides is 3. The van der Waals surface area contributed by atoms with E-state index in [1.54, 1.807) is 0 Å². The van der Waals surface area contributed by atoms with E-state index in [4.69, 9.17) is 0 Å². The van der Waals surface area contributed by atoms with Gasteiger partial charge in [-0.3, -0.25) is 0 Å². The fourth-order valence-electron chi connectivity index (χ4n) is 3.47. The zero-order valence-electron chi connectivity index (χ0n) is 11.7. The fourth-order valence-corrected chi connectivity index (χ4v) is 3.47. The summed E-state index contributed by atoms with van der Waals surface area (Å²) in [6.07, 6.45) is -1.98. The number of aliphatic hydroxyl groups excluding tert-OH is 1. The van der Waals surface area contributed by atoms with E-state index in [1.165, 1.54) is 0 Å². The Hall–Kier alpha value is -0.290. The average Bonchev–Trinajstić information content (AvgIpc) is 2.56. The molecule has 2 fully saturated rings. The lowest BCUT2D eigenvalue weighted by Gasteiger charge is -2.35. The molecule has 0 bridgehead atoms. The first-order valence-corrected chi connectivity index (χ1v) is 7.17. The van der Waals surface area contributed by atoms with E-state index >= 15 is 0 Å². The summed E-state index contributed by atoms with van der Waals surface area (Å²) in [6.45, 7) is 5.89. The van der Waals surface area contributed by atoms with Gasteiger partial charge in [0.2, 0.25) is 0 Å². The Morgan fingerprint density at radius 1 is 1.16 bits per heavy atom. The highest BCUT2D eigenvalue weighted by molar-refractivity contribution is 4.92. The Morgan fingerprint density at radius 2 is 1.74 bits per heavy atom. The summed E-state index contributed by atoms with van der Waals surface area (Å²) in [5, 5.41) is 10.2. The van der Waals surface area contributed by atoms with Crippen molar-refractivity contribution in [3.63, 3.8) is 0 Å². The predicted molar refractivity (Wildman–Crippen MR) is 67.7 cm³/mol. The molecule has 1 N–H and O–H groups in total. The first kappa shape index (κ1) is 15.1. The molecular formula is C14H24F3NO. The minimum Gasteiger partial charge on any atom is -0.392 e. The van der Waals surface area contributed by atoms with Crippen molar-refractivity contribution in [2.75, 3.05) is 19.6 Å². The normalized spacial score (nSPS) is 33.8. The number of likely N-dealkylation sites (tertiary alicyclic amines) is 1. The zero-order chi connectivity index (χ0) is 14.3. The van der Waals surface area contributed by atoms with Crippen LogP contribution in [0.5, 0.6) is 0 Å². The Kier molecular flexibility index (Phi) is 4.17. The molecule has 0 aromatic carbocycles. The first-order valence-electron chi connectivity index (χ1n) is 7.17. The molecule has 2 atom stereocenters. The van der Waals surface area contributed by atoms with Gasteiger partial charge in [-0.1, -0.05) is 13.8 Å². The Labute approximate surface area is 113 Å². The van der Waals surface area contributed by atoms with Crippen molar-refractivity contribution >= 4 is 0 Å². The van der Waals surface area contributed by atoms with Gasteiger partial charge in [0.25, 0.3) is 0 Å². The number of piperidine rings is 1. The largest absolute Gasteiger partial charge is 0.392 e. The van der Waals surface area contributed by atoms with Gasteiger partial charge >= 0.3 is 6.18 Å².